The first-order valence-electron chi connectivity index (χ1n) is 6.95. The summed E-state index contributed by atoms with van der Waals surface area (Å²) >= 11 is 1.45. The molecule has 0 bridgehead atoms. The fraction of sp³-hybridized carbons (Fsp3) is 0.643. The molecule has 0 aliphatic rings. The van der Waals surface area contributed by atoms with Gasteiger partial charge in [-0.15, -0.1) is 11.3 Å². The Morgan fingerprint density at radius 2 is 2.15 bits per heavy atom. The smallest absolute Gasteiger partial charge is 0.303 e. The van der Waals surface area contributed by atoms with Crippen molar-refractivity contribution in [2.75, 3.05) is 6.54 Å². The van der Waals surface area contributed by atoms with Crippen LogP contribution in [0.1, 0.15) is 54.5 Å². The largest absolute Gasteiger partial charge is 0.481 e. The first-order valence-corrected chi connectivity index (χ1v) is 7.83. The SMILES string of the molecule is CCCC(CCNC(=O)c1csc(C)n1)CCC(=O)O. The Morgan fingerprint density at radius 3 is 2.70 bits per heavy atom. The van der Waals surface area contributed by atoms with E-state index < -0.39 is 5.97 Å². The van der Waals surface area contributed by atoms with Crippen molar-refractivity contribution in [3.63, 3.8) is 0 Å². The molecule has 0 fully saturated rings. The van der Waals surface area contributed by atoms with Crippen molar-refractivity contribution in [2.45, 2.75) is 46.0 Å². The maximum atomic E-state index is 11.8. The summed E-state index contributed by atoms with van der Waals surface area (Å²) in [6, 6.07) is 0. The second-order valence-electron chi connectivity index (χ2n) is 4.88. The Labute approximate surface area is 123 Å². The van der Waals surface area contributed by atoms with Gasteiger partial charge >= 0.3 is 5.97 Å². The van der Waals surface area contributed by atoms with Crippen molar-refractivity contribution >= 4 is 23.2 Å². The summed E-state index contributed by atoms with van der Waals surface area (Å²) in [6.07, 6.45) is 3.72. The van der Waals surface area contributed by atoms with Gasteiger partial charge in [-0.05, 0) is 25.7 Å². The zero-order valence-electron chi connectivity index (χ0n) is 12.0. The van der Waals surface area contributed by atoms with E-state index >= 15 is 0 Å². The molecule has 1 heterocycles. The number of carboxylic acid groups (broad SMARTS) is 1. The number of hydrogen-bond acceptors (Lipinski definition) is 4. The minimum Gasteiger partial charge on any atom is -0.481 e. The van der Waals surface area contributed by atoms with Crippen LogP contribution in [0.4, 0.5) is 0 Å². The van der Waals surface area contributed by atoms with Crippen molar-refractivity contribution in [3.8, 4) is 0 Å². The van der Waals surface area contributed by atoms with Gasteiger partial charge in [0.2, 0.25) is 0 Å². The van der Waals surface area contributed by atoms with E-state index in [1.54, 1.807) is 5.38 Å². The molecule has 5 nitrogen and oxygen atoms in total. The van der Waals surface area contributed by atoms with Crippen LogP contribution in [0.5, 0.6) is 0 Å². The molecule has 2 N–H and O–H groups in total. The first-order chi connectivity index (χ1) is 9.52. The number of amides is 1. The van der Waals surface area contributed by atoms with E-state index in [1.807, 2.05) is 6.92 Å². The van der Waals surface area contributed by atoms with Crippen molar-refractivity contribution in [1.29, 1.82) is 0 Å². The lowest BCUT2D eigenvalue weighted by atomic mass is 9.94. The summed E-state index contributed by atoms with van der Waals surface area (Å²) in [5.41, 5.74) is 0.463. The predicted octanol–water partition coefficient (Wildman–Crippen LogP) is 2.85. The van der Waals surface area contributed by atoms with Crippen LogP contribution in [0.3, 0.4) is 0 Å². The van der Waals surface area contributed by atoms with E-state index in [2.05, 4.69) is 17.2 Å². The molecule has 1 aromatic heterocycles. The van der Waals surface area contributed by atoms with E-state index in [0.717, 1.165) is 24.3 Å². The second-order valence-corrected chi connectivity index (χ2v) is 5.95. The molecule has 1 atom stereocenters. The maximum absolute atomic E-state index is 11.8. The fourth-order valence-corrected chi connectivity index (χ4v) is 2.71. The highest BCUT2D eigenvalue weighted by molar-refractivity contribution is 7.09. The number of aromatic nitrogens is 1. The summed E-state index contributed by atoms with van der Waals surface area (Å²) in [7, 11) is 0. The van der Waals surface area contributed by atoms with Gasteiger partial charge < -0.3 is 10.4 Å². The summed E-state index contributed by atoms with van der Waals surface area (Å²) < 4.78 is 0. The zero-order valence-corrected chi connectivity index (χ0v) is 12.8. The average molecular weight is 298 g/mol. The molecule has 20 heavy (non-hydrogen) atoms. The Balaban J connectivity index is 2.32. The summed E-state index contributed by atoms with van der Waals surface area (Å²) in [5, 5.41) is 14.2. The van der Waals surface area contributed by atoms with Crippen LogP contribution in [0.2, 0.25) is 0 Å². The molecule has 0 aliphatic heterocycles. The number of hydrogen-bond donors (Lipinski definition) is 2. The quantitative estimate of drug-likeness (QED) is 0.734. The molecule has 0 aliphatic carbocycles. The Kier molecular flexibility index (Phi) is 7.22. The van der Waals surface area contributed by atoms with Crippen LogP contribution in [0.15, 0.2) is 5.38 Å². The van der Waals surface area contributed by atoms with E-state index in [4.69, 9.17) is 5.11 Å². The van der Waals surface area contributed by atoms with Gasteiger partial charge in [-0.3, -0.25) is 9.59 Å². The molecule has 6 heteroatoms. The molecule has 1 rings (SSSR count). The van der Waals surface area contributed by atoms with Crippen molar-refractivity contribution in [1.82, 2.24) is 10.3 Å². The Bertz CT molecular complexity index is 445. The normalized spacial score (nSPS) is 12.1. The van der Waals surface area contributed by atoms with Gasteiger partial charge in [-0.25, -0.2) is 4.98 Å². The Morgan fingerprint density at radius 1 is 1.40 bits per heavy atom. The lowest BCUT2D eigenvalue weighted by Crippen LogP contribution is -2.26. The van der Waals surface area contributed by atoms with Crippen molar-refractivity contribution in [3.05, 3.63) is 16.1 Å². The van der Waals surface area contributed by atoms with Crippen LogP contribution in [-0.2, 0) is 4.79 Å². The third-order valence-corrected chi connectivity index (χ3v) is 3.93. The van der Waals surface area contributed by atoms with Crippen LogP contribution in [-0.4, -0.2) is 28.5 Å². The van der Waals surface area contributed by atoms with Crippen LogP contribution in [0.25, 0.3) is 0 Å². The number of aliphatic carboxylic acids is 1. The highest BCUT2D eigenvalue weighted by Crippen LogP contribution is 2.17. The molecule has 1 unspecified atom stereocenters. The van der Waals surface area contributed by atoms with Crippen molar-refractivity contribution in [2.24, 2.45) is 5.92 Å². The van der Waals surface area contributed by atoms with Crippen LogP contribution < -0.4 is 5.32 Å². The summed E-state index contributed by atoms with van der Waals surface area (Å²) in [4.78, 5) is 26.5. The lowest BCUT2D eigenvalue weighted by molar-refractivity contribution is -0.137. The minimum atomic E-state index is -0.756. The fourth-order valence-electron chi connectivity index (χ4n) is 2.12. The number of carbonyl (C=O) groups is 2. The average Bonchev–Trinajstić information content (AvgIpc) is 2.82. The Hall–Kier alpha value is -1.43. The van der Waals surface area contributed by atoms with E-state index in [-0.39, 0.29) is 12.3 Å². The molecular formula is C14H22N2O3S. The van der Waals surface area contributed by atoms with E-state index in [0.29, 0.717) is 24.6 Å². The highest BCUT2D eigenvalue weighted by atomic mass is 32.1. The number of nitrogens with zero attached hydrogens (tertiary/aromatic N) is 1. The number of carbonyl (C=O) groups excluding carboxylic acids is 1. The molecule has 1 aromatic rings. The van der Waals surface area contributed by atoms with E-state index in [9.17, 15) is 9.59 Å². The van der Waals surface area contributed by atoms with Gasteiger partial charge in [0.15, 0.2) is 0 Å². The monoisotopic (exact) mass is 298 g/mol. The van der Waals surface area contributed by atoms with Gasteiger partial charge in [0.05, 0.1) is 5.01 Å². The molecule has 0 spiro atoms. The van der Waals surface area contributed by atoms with Gasteiger partial charge in [-0.2, -0.15) is 0 Å². The highest BCUT2D eigenvalue weighted by Gasteiger charge is 2.12. The molecule has 0 saturated carbocycles. The summed E-state index contributed by atoms with van der Waals surface area (Å²) in [6.45, 7) is 4.52. The number of nitrogens with one attached hydrogen (secondary N) is 1. The number of rotatable bonds is 9. The van der Waals surface area contributed by atoms with E-state index in [1.165, 1.54) is 11.3 Å². The third kappa shape index (κ3) is 6.14. The number of carboxylic acids is 1. The first kappa shape index (κ1) is 16.6. The molecule has 112 valence electrons. The van der Waals surface area contributed by atoms with Gasteiger partial charge in [0, 0.05) is 18.3 Å². The predicted molar refractivity (Wildman–Crippen MR) is 79.1 cm³/mol. The van der Waals surface area contributed by atoms with Crippen LogP contribution >= 0.6 is 11.3 Å². The molecule has 0 aromatic carbocycles. The topological polar surface area (TPSA) is 79.3 Å². The second kappa shape index (κ2) is 8.68. The van der Waals surface area contributed by atoms with Gasteiger partial charge in [0.1, 0.15) is 5.69 Å². The van der Waals surface area contributed by atoms with Gasteiger partial charge in [0.25, 0.3) is 5.91 Å². The lowest BCUT2D eigenvalue weighted by Gasteiger charge is -2.15. The third-order valence-electron chi connectivity index (χ3n) is 3.15. The molecule has 1 amide bonds. The number of thiazole rings is 1. The summed E-state index contributed by atoms with van der Waals surface area (Å²) in [5.74, 6) is -0.551. The number of aryl methyl sites for hydroxylation is 1. The molecule has 0 saturated heterocycles. The molecular weight excluding hydrogens is 276 g/mol. The standard InChI is InChI=1S/C14H22N2O3S/c1-3-4-11(5-6-13(17)18)7-8-15-14(19)12-9-20-10(2)16-12/h9,11H,3-8H2,1-2H3,(H,15,19)(H,17,18). The minimum absolute atomic E-state index is 0.150. The van der Waals surface area contributed by atoms with Crippen LogP contribution in [0, 0.1) is 12.8 Å². The molecule has 0 radical (unpaired) electrons. The maximum Gasteiger partial charge on any atom is 0.303 e. The zero-order chi connectivity index (χ0) is 15.0. The van der Waals surface area contributed by atoms with Crippen molar-refractivity contribution < 1.29 is 14.7 Å². The van der Waals surface area contributed by atoms with Gasteiger partial charge in [-0.1, -0.05) is 19.8 Å².